The van der Waals surface area contributed by atoms with Gasteiger partial charge in [0, 0.05) is 43.2 Å². The average molecular weight is 833 g/mol. The van der Waals surface area contributed by atoms with Crippen LogP contribution in [-0.2, 0) is 20.9 Å². The van der Waals surface area contributed by atoms with Crippen LogP contribution in [-0.4, -0.2) is 83.9 Å². The number of benzene rings is 3. The second-order valence-electron chi connectivity index (χ2n) is 15.0. The Kier molecular flexibility index (Phi) is 15.6. The molecule has 1 saturated carbocycles. The summed E-state index contributed by atoms with van der Waals surface area (Å²) in [4.78, 5) is 33.3. The molecule has 3 aromatic rings. The molecule has 0 radical (unpaired) electrons. The molecule has 0 spiro atoms. The van der Waals surface area contributed by atoms with Gasteiger partial charge in [0.15, 0.2) is 0 Å². The number of alkyl halides is 1. The second-order valence-corrected chi connectivity index (χ2v) is 15.4. The van der Waals surface area contributed by atoms with E-state index in [9.17, 15) is 24.2 Å². The lowest BCUT2D eigenvalue weighted by Crippen LogP contribution is -2.70. The summed E-state index contributed by atoms with van der Waals surface area (Å²) in [6.07, 6.45) is 8.51. The van der Waals surface area contributed by atoms with Crippen LogP contribution in [0.5, 0.6) is 17.2 Å². The molecule has 59 heavy (non-hydrogen) atoms. The maximum Gasteiger partial charge on any atom is 0.410 e. The van der Waals surface area contributed by atoms with E-state index in [4.69, 9.17) is 40.5 Å². The number of oxime groups is 1. The van der Waals surface area contributed by atoms with Crippen molar-refractivity contribution in [3.05, 3.63) is 114 Å². The number of carbonyl (C=O) groups excluding carboxylic acids is 2. The van der Waals surface area contributed by atoms with Crippen molar-refractivity contribution in [2.75, 3.05) is 38.9 Å². The van der Waals surface area contributed by atoms with Gasteiger partial charge >= 0.3 is 6.09 Å². The molecule has 316 valence electrons. The third kappa shape index (κ3) is 10.0. The molecule has 11 nitrogen and oxygen atoms in total. The molecule has 0 saturated heterocycles. The zero-order valence-corrected chi connectivity index (χ0v) is 34.2. The van der Waals surface area contributed by atoms with E-state index in [1.54, 1.807) is 53.4 Å². The molecule has 0 aromatic heterocycles. The number of fused-ring (bicyclic) bond motifs is 2. The van der Waals surface area contributed by atoms with Crippen LogP contribution >= 0.6 is 11.6 Å². The van der Waals surface area contributed by atoms with Crippen LogP contribution in [0.15, 0.2) is 96.2 Å². The molecule has 3 aromatic carbocycles. The van der Waals surface area contributed by atoms with Gasteiger partial charge in [0.25, 0.3) is 0 Å². The molecular weight excluding hydrogens is 779 g/mol. The molecular formula is C46H54ClFN2O9. The summed E-state index contributed by atoms with van der Waals surface area (Å²) in [5.41, 5.74) is 3.51. The third-order valence-corrected chi connectivity index (χ3v) is 11.5. The molecule has 1 fully saturated rings. The second kappa shape index (κ2) is 21.0. The number of hydrogen-bond acceptors (Lipinski definition) is 10. The van der Waals surface area contributed by atoms with Crippen molar-refractivity contribution in [1.29, 1.82) is 0 Å². The summed E-state index contributed by atoms with van der Waals surface area (Å²) in [5, 5.41) is 24.5. The molecule has 6 atom stereocenters. The van der Waals surface area contributed by atoms with Crippen molar-refractivity contribution in [3.63, 3.8) is 0 Å². The number of ether oxygens (including phenoxy) is 4. The number of allylic oxidation sites excluding steroid dienone is 1. The summed E-state index contributed by atoms with van der Waals surface area (Å²) in [6, 6.07) is 17.6. The number of nitrogens with zero attached hydrogens (tertiary/aromatic N) is 2. The van der Waals surface area contributed by atoms with Crippen molar-refractivity contribution >= 4 is 29.7 Å². The highest BCUT2D eigenvalue weighted by molar-refractivity contribution is 6.18. The molecule has 6 rings (SSSR count). The minimum absolute atomic E-state index is 0.0159. The quantitative estimate of drug-likeness (QED) is 0.0355. The van der Waals surface area contributed by atoms with Gasteiger partial charge in [-0.25, -0.2) is 9.18 Å². The van der Waals surface area contributed by atoms with Crippen LogP contribution in [0.2, 0.25) is 0 Å². The van der Waals surface area contributed by atoms with E-state index in [1.165, 1.54) is 12.1 Å². The van der Waals surface area contributed by atoms with Crippen LogP contribution < -0.4 is 9.47 Å². The minimum atomic E-state index is -1.53. The van der Waals surface area contributed by atoms with Crippen LogP contribution in [0.3, 0.4) is 0 Å². The molecule has 1 amide bonds. The van der Waals surface area contributed by atoms with E-state index in [2.05, 4.69) is 12.7 Å². The van der Waals surface area contributed by atoms with Gasteiger partial charge in [0.05, 0.1) is 24.1 Å². The van der Waals surface area contributed by atoms with Crippen molar-refractivity contribution in [3.8, 4) is 17.2 Å². The van der Waals surface area contributed by atoms with Crippen molar-refractivity contribution in [1.82, 2.24) is 4.90 Å². The first kappa shape index (κ1) is 43.8. The van der Waals surface area contributed by atoms with Crippen molar-refractivity contribution < 1.29 is 48.0 Å². The van der Waals surface area contributed by atoms with Gasteiger partial charge in [0.1, 0.15) is 48.6 Å². The van der Waals surface area contributed by atoms with Gasteiger partial charge in [-0.05, 0) is 98.0 Å². The van der Waals surface area contributed by atoms with E-state index in [0.717, 1.165) is 43.1 Å². The molecule has 2 aliphatic carbocycles. The van der Waals surface area contributed by atoms with Gasteiger partial charge in [-0.15, -0.1) is 18.2 Å². The smallest absolute Gasteiger partial charge is 0.410 e. The number of unbranched alkanes of at least 4 members (excludes halogenated alkanes) is 2. The number of halogens is 2. The van der Waals surface area contributed by atoms with E-state index >= 15 is 0 Å². The Hall–Kier alpha value is -4.75. The van der Waals surface area contributed by atoms with E-state index in [1.807, 2.05) is 19.1 Å². The van der Waals surface area contributed by atoms with E-state index in [0.29, 0.717) is 53.5 Å². The maximum atomic E-state index is 14.3. The molecule has 0 bridgehead atoms. The number of carbonyl (C=O) groups is 2. The molecule has 1 heterocycles. The number of amides is 1. The fraction of sp³-hybridized carbons (Fsp3) is 0.457. The number of rotatable bonds is 21. The van der Waals surface area contributed by atoms with Crippen molar-refractivity contribution in [2.24, 2.45) is 22.9 Å². The lowest BCUT2D eigenvalue weighted by atomic mass is 9.55. The third-order valence-electron chi connectivity index (χ3n) is 11.4. The highest BCUT2D eigenvalue weighted by Crippen LogP contribution is 2.62. The first-order valence-corrected chi connectivity index (χ1v) is 21.0. The van der Waals surface area contributed by atoms with E-state index < -0.39 is 29.7 Å². The lowest BCUT2D eigenvalue weighted by Gasteiger charge is -2.59. The summed E-state index contributed by atoms with van der Waals surface area (Å²) in [7, 11) is 0. The van der Waals surface area contributed by atoms with Gasteiger partial charge in [0.2, 0.25) is 5.79 Å². The summed E-state index contributed by atoms with van der Waals surface area (Å²) < 4.78 is 40.5. The van der Waals surface area contributed by atoms with Gasteiger partial charge in [-0.1, -0.05) is 54.4 Å². The lowest BCUT2D eigenvalue weighted by molar-refractivity contribution is -0.256. The average Bonchev–Trinajstić information content (AvgIpc) is 3.25. The molecule has 0 unspecified atom stereocenters. The molecule has 1 aliphatic heterocycles. The molecule has 13 heteroatoms. The van der Waals surface area contributed by atoms with Gasteiger partial charge in [-0.2, -0.15) is 0 Å². The standard InChI is InChI=1S/C46H54ClFN2O9/c1-3-23-56-46-42(50(45(54)55-24-20-47)29-31-14-16-34(48)17-15-31)28-40(49-57-4-2)38-26-33(11-5-7-21-51)37(13-6-8-22-52)43(44(38)46)39-27-36(18-19-41(39)59-46)58-35-12-9-10-32(25-35)30-53/h3,9-10,12,14-19,25-27,30,33,37,42-44,51-52H,1,4-8,11,13,20-24,28-29H2,2H3/t33-,37+,42-,43+,44+,46+/m0/s1. The monoisotopic (exact) mass is 832 g/mol. The Labute approximate surface area is 350 Å². The Morgan fingerprint density at radius 2 is 1.81 bits per heavy atom. The first-order valence-electron chi connectivity index (χ1n) is 20.5. The zero-order chi connectivity index (χ0) is 41.8. The zero-order valence-electron chi connectivity index (χ0n) is 33.5. The number of aliphatic hydroxyl groups is 2. The fourth-order valence-electron chi connectivity index (χ4n) is 8.94. The highest BCUT2D eigenvalue weighted by atomic mass is 35.5. The van der Waals surface area contributed by atoms with Crippen LogP contribution in [0, 0.1) is 23.6 Å². The Balaban J connectivity index is 1.60. The van der Waals surface area contributed by atoms with Gasteiger partial charge < -0.3 is 34.0 Å². The SMILES string of the molecule is C=CCO[C@@]12Oc3ccc(Oc4cccc(C=O)c4)cc3[C@H]3[C@H](CCCCO)[C@@H](CCCCO)C=C(C(=NOCC)C[C@@H]1N(Cc1ccc(F)cc1)C(=O)OCCCl)[C@H]32. The highest BCUT2D eigenvalue weighted by Gasteiger charge is 2.65. The van der Waals surface area contributed by atoms with Crippen LogP contribution in [0.4, 0.5) is 9.18 Å². The first-order chi connectivity index (χ1) is 28.8. The summed E-state index contributed by atoms with van der Waals surface area (Å²) in [6.45, 7) is 6.32. The van der Waals surface area contributed by atoms with E-state index in [-0.39, 0.29) is 63.0 Å². The Morgan fingerprint density at radius 3 is 2.53 bits per heavy atom. The normalized spacial score (nSPS) is 23.6. The Bertz CT molecular complexity index is 1960. The van der Waals surface area contributed by atoms with Crippen LogP contribution in [0.1, 0.15) is 79.3 Å². The molecule has 3 aliphatic rings. The predicted molar refractivity (Wildman–Crippen MR) is 222 cm³/mol. The fourth-order valence-corrected chi connectivity index (χ4v) is 9.02. The van der Waals surface area contributed by atoms with Gasteiger partial charge in [-0.3, -0.25) is 9.69 Å². The number of hydrogen-bond donors (Lipinski definition) is 2. The number of aliphatic hydroxyl groups excluding tert-OH is 2. The Morgan fingerprint density at radius 1 is 1.05 bits per heavy atom. The summed E-state index contributed by atoms with van der Waals surface area (Å²) >= 11 is 6.03. The van der Waals surface area contributed by atoms with Crippen LogP contribution in [0.25, 0.3) is 0 Å². The molecule has 2 N–H and O–H groups in total. The topological polar surface area (TPSA) is 136 Å². The predicted octanol–water partition coefficient (Wildman–Crippen LogP) is 8.96. The maximum absolute atomic E-state index is 14.3. The largest absolute Gasteiger partial charge is 0.459 e. The number of aldehydes is 1. The van der Waals surface area contributed by atoms with Crippen molar-refractivity contribution in [2.45, 2.75) is 76.2 Å². The summed E-state index contributed by atoms with van der Waals surface area (Å²) in [5.74, 6) is -1.14. The minimum Gasteiger partial charge on any atom is -0.459 e.